The molecule has 1 saturated heterocycles. The zero-order valence-electron chi connectivity index (χ0n) is 30.4. The molecule has 0 radical (unpaired) electrons. The van der Waals surface area contributed by atoms with Crippen LogP contribution in [-0.4, -0.2) is 98.0 Å². The van der Waals surface area contributed by atoms with Crippen LogP contribution in [0.4, 0.5) is 0 Å². The normalized spacial score (nSPS) is 15.8. The molecule has 0 bridgehead atoms. The zero-order chi connectivity index (χ0) is 37.2. The molecule has 2 aromatic carbocycles. The van der Waals surface area contributed by atoms with Gasteiger partial charge in [-0.2, -0.15) is 0 Å². The number of piperazine rings is 1. The fourth-order valence-electron chi connectivity index (χ4n) is 5.31. The number of Topliss-reactive ketones (excluding diaryl/α,β-unsaturated/α-hetero) is 1. The van der Waals surface area contributed by atoms with Crippen molar-refractivity contribution in [3.8, 4) is 11.5 Å². The Morgan fingerprint density at radius 2 is 1.74 bits per heavy atom. The number of nitrogens with zero attached hydrogens (tertiary/aromatic N) is 2. The van der Waals surface area contributed by atoms with Gasteiger partial charge in [0.15, 0.2) is 6.61 Å². The second-order valence-electron chi connectivity index (χ2n) is 14.0. The number of methoxy groups -OCH3 is 1. The van der Waals surface area contributed by atoms with E-state index in [9.17, 15) is 24.0 Å². The molecule has 1 amide bonds. The summed E-state index contributed by atoms with van der Waals surface area (Å²) in [7, 11) is 3.42. The number of aryl methyl sites for hydroxylation is 2. The summed E-state index contributed by atoms with van der Waals surface area (Å²) in [6.07, 6.45) is 1.07. The van der Waals surface area contributed by atoms with E-state index in [1.54, 1.807) is 52.1 Å². The van der Waals surface area contributed by atoms with E-state index in [2.05, 4.69) is 6.58 Å². The molecule has 0 unspecified atom stereocenters. The van der Waals surface area contributed by atoms with Crippen molar-refractivity contribution < 1.29 is 47.7 Å². The summed E-state index contributed by atoms with van der Waals surface area (Å²) < 4.78 is 27.8. The number of benzene rings is 2. The minimum atomic E-state index is -1.34. The minimum absolute atomic E-state index is 0.116. The summed E-state index contributed by atoms with van der Waals surface area (Å²) in [5.74, 6) is -2.46. The average molecular weight is 695 g/mol. The first kappa shape index (κ1) is 39.7. The summed E-state index contributed by atoms with van der Waals surface area (Å²) in [4.78, 5) is 68.1. The number of ketones is 1. The molecule has 272 valence electrons. The van der Waals surface area contributed by atoms with Crippen LogP contribution in [-0.2, 0) is 44.6 Å². The lowest BCUT2D eigenvalue weighted by Gasteiger charge is -2.39. The smallest absolute Gasteiger partial charge is 0.344 e. The van der Waals surface area contributed by atoms with Gasteiger partial charge in [0, 0.05) is 25.7 Å². The van der Waals surface area contributed by atoms with Crippen molar-refractivity contribution in [1.29, 1.82) is 0 Å². The van der Waals surface area contributed by atoms with Crippen LogP contribution >= 0.6 is 0 Å². The van der Waals surface area contributed by atoms with Crippen molar-refractivity contribution >= 4 is 29.6 Å². The van der Waals surface area contributed by atoms with E-state index < -0.39 is 52.8 Å². The zero-order valence-corrected chi connectivity index (χ0v) is 30.4. The Labute approximate surface area is 294 Å². The van der Waals surface area contributed by atoms with E-state index in [0.717, 1.165) is 23.0 Å². The van der Waals surface area contributed by atoms with Crippen molar-refractivity contribution in [2.45, 2.75) is 72.1 Å². The molecule has 12 heteroatoms. The minimum Gasteiger partial charge on any atom is -0.496 e. The monoisotopic (exact) mass is 694 g/mol. The van der Waals surface area contributed by atoms with E-state index in [0.29, 0.717) is 30.7 Å². The number of likely N-dealkylation sites (N-methyl/N-ethyl adjacent to an activating group) is 1. The van der Waals surface area contributed by atoms with Crippen molar-refractivity contribution in [3.63, 3.8) is 0 Å². The molecule has 50 heavy (non-hydrogen) atoms. The quantitative estimate of drug-likeness (QED) is 0.113. The number of rotatable bonds is 15. The summed E-state index contributed by atoms with van der Waals surface area (Å²) in [6.45, 7) is 13.7. The summed E-state index contributed by atoms with van der Waals surface area (Å²) in [6, 6.07) is 11.7. The Balaban J connectivity index is 1.87. The highest BCUT2D eigenvalue weighted by Crippen LogP contribution is 2.30. The van der Waals surface area contributed by atoms with Gasteiger partial charge < -0.3 is 33.5 Å². The van der Waals surface area contributed by atoms with Crippen LogP contribution in [0.15, 0.2) is 55.1 Å². The molecule has 1 heterocycles. The molecule has 0 spiro atoms. The summed E-state index contributed by atoms with van der Waals surface area (Å²) in [5, 5.41) is 0. The predicted molar refractivity (Wildman–Crippen MR) is 186 cm³/mol. The standard InChI is InChI=1S/C38H50N2O10/c1-10-32(41)48-24-38(6,7)34(43)35(44)40-19-18-39(8)22-29(40)36(45)49-30(17-16-26-15-14-25(2)31(20-26)46-9)27-12-11-13-28(21-27)47-23-33(42)50-37(3,4)5/h10-15,20-21,29-30H,1,16-19,22-24H2,2-9H3/t29-,30+/m0/s1. The molecule has 1 aliphatic rings. The second-order valence-corrected chi connectivity index (χ2v) is 14.0. The van der Waals surface area contributed by atoms with Crippen LogP contribution in [0.5, 0.6) is 11.5 Å². The molecule has 1 fully saturated rings. The summed E-state index contributed by atoms with van der Waals surface area (Å²) >= 11 is 0. The Kier molecular flexibility index (Phi) is 13.7. The Morgan fingerprint density at radius 1 is 1.02 bits per heavy atom. The van der Waals surface area contributed by atoms with Crippen molar-refractivity contribution in [1.82, 2.24) is 9.80 Å². The Morgan fingerprint density at radius 3 is 2.40 bits per heavy atom. The van der Waals surface area contributed by atoms with Crippen LogP contribution in [0.1, 0.15) is 63.8 Å². The number of amides is 1. The van der Waals surface area contributed by atoms with Gasteiger partial charge in [0.2, 0.25) is 5.78 Å². The van der Waals surface area contributed by atoms with Gasteiger partial charge in [-0.1, -0.05) is 30.8 Å². The fourth-order valence-corrected chi connectivity index (χ4v) is 5.31. The number of hydrogen-bond donors (Lipinski definition) is 0. The van der Waals surface area contributed by atoms with Gasteiger partial charge in [0.25, 0.3) is 5.91 Å². The Bertz CT molecular complexity index is 1560. The van der Waals surface area contributed by atoms with Gasteiger partial charge in [-0.25, -0.2) is 14.4 Å². The second kappa shape index (κ2) is 17.3. The number of carbonyl (C=O) groups is 5. The molecule has 0 saturated carbocycles. The first-order chi connectivity index (χ1) is 23.4. The van der Waals surface area contributed by atoms with Gasteiger partial charge in [0.1, 0.15) is 35.9 Å². The number of carbonyl (C=O) groups excluding carboxylic acids is 5. The summed E-state index contributed by atoms with van der Waals surface area (Å²) in [5.41, 5.74) is 0.552. The molecular formula is C38H50N2O10. The van der Waals surface area contributed by atoms with Gasteiger partial charge in [-0.05, 0) is 96.3 Å². The number of hydrogen-bond acceptors (Lipinski definition) is 11. The molecule has 0 N–H and O–H groups in total. The molecule has 1 aliphatic heterocycles. The average Bonchev–Trinajstić information content (AvgIpc) is 3.07. The lowest BCUT2D eigenvalue weighted by Crippen LogP contribution is -2.60. The molecule has 2 aromatic rings. The third-order valence-electron chi connectivity index (χ3n) is 8.10. The van der Waals surface area contributed by atoms with Crippen LogP contribution in [0.3, 0.4) is 0 Å². The third-order valence-corrected chi connectivity index (χ3v) is 8.10. The lowest BCUT2D eigenvalue weighted by molar-refractivity contribution is -0.166. The maximum Gasteiger partial charge on any atom is 0.344 e. The van der Waals surface area contributed by atoms with Crippen LogP contribution in [0.2, 0.25) is 0 Å². The number of ether oxygens (including phenoxy) is 5. The fraction of sp³-hybridized carbons (Fsp3) is 0.500. The van der Waals surface area contributed by atoms with E-state index in [-0.39, 0.29) is 26.3 Å². The lowest BCUT2D eigenvalue weighted by atomic mass is 9.87. The first-order valence-electron chi connectivity index (χ1n) is 16.6. The van der Waals surface area contributed by atoms with Crippen LogP contribution < -0.4 is 9.47 Å². The number of esters is 3. The van der Waals surface area contributed by atoms with Gasteiger partial charge in [-0.15, -0.1) is 0 Å². The molecule has 2 atom stereocenters. The maximum absolute atomic E-state index is 14.0. The maximum atomic E-state index is 14.0. The van der Waals surface area contributed by atoms with E-state index in [1.807, 2.05) is 37.1 Å². The van der Waals surface area contributed by atoms with Crippen LogP contribution in [0.25, 0.3) is 0 Å². The highest BCUT2D eigenvalue weighted by atomic mass is 16.6. The third kappa shape index (κ3) is 11.4. The molecule has 12 nitrogen and oxygen atoms in total. The highest BCUT2D eigenvalue weighted by molar-refractivity contribution is 6.38. The van der Waals surface area contributed by atoms with Crippen molar-refractivity contribution in [2.75, 3.05) is 47.0 Å². The SMILES string of the molecule is C=CC(=O)OCC(C)(C)C(=O)C(=O)N1CCN(C)C[C@H]1C(=O)O[C@H](CCc1ccc(C)c(OC)c1)c1cccc(OCC(=O)OC(C)(C)C)c1. The van der Waals surface area contributed by atoms with Crippen LogP contribution in [0, 0.1) is 12.3 Å². The Hall–Kier alpha value is -4.71. The van der Waals surface area contributed by atoms with Gasteiger partial charge in [-0.3, -0.25) is 9.59 Å². The highest BCUT2D eigenvalue weighted by Gasteiger charge is 2.43. The van der Waals surface area contributed by atoms with E-state index in [1.165, 1.54) is 18.7 Å². The van der Waals surface area contributed by atoms with Crippen molar-refractivity contribution in [3.05, 3.63) is 71.8 Å². The largest absolute Gasteiger partial charge is 0.496 e. The predicted octanol–water partition coefficient (Wildman–Crippen LogP) is 4.41. The molecule has 0 aliphatic carbocycles. The topological polar surface area (TPSA) is 138 Å². The molecule has 0 aromatic heterocycles. The van der Waals surface area contributed by atoms with E-state index in [4.69, 9.17) is 23.7 Å². The molecular weight excluding hydrogens is 644 g/mol. The van der Waals surface area contributed by atoms with E-state index >= 15 is 0 Å². The van der Waals surface area contributed by atoms with Gasteiger partial charge in [0.05, 0.1) is 12.5 Å². The molecule has 3 rings (SSSR count). The van der Waals surface area contributed by atoms with Gasteiger partial charge >= 0.3 is 17.9 Å². The van der Waals surface area contributed by atoms with Crippen molar-refractivity contribution in [2.24, 2.45) is 5.41 Å². The first-order valence-corrected chi connectivity index (χ1v) is 16.6.